The number of aryl methyl sites for hydroxylation is 1. The van der Waals surface area contributed by atoms with Crippen LogP contribution in [0.2, 0.25) is 0 Å². The molecule has 0 aliphatic carbocycles. The number of hydrogen-bond donors (Lipinski definition) is 1. The summed E-state index contributed by atoms with van der Waals surface area (Å²) in [5.41, 5.74) is 3.76. The number of thiazole rings is 1. The van der Waals surface area contributed by atoms with E-state index in [-0.39, 0.29) is 0 Å². The van der Waals surface area contributed by atoms with E-state index in [1.54, 1.807) is 11.3 Å². The van der Waals surface area contributed by atoms with E-state index in [1.807, 2.05) is 49.4 Å². The lowest BCUT2D eigenvalue weighted by Crippen LogP contribution is -1.88. The van der Waals surface area contributed by atoms with Gasteiger partial charge in [-0.15, -0.1) is 0 Å². The van der Waals surface area contributed by atoms with Crippen LogP contribution in [0.4, 0.5) is 11.1 Å². The highest BCUT2D eigenvalue weighted by molar-refractivity contribution is 7.22. The lowest BCUT2D eigenvalue weighted by molar-refractivity contribution is 0.623. The Balaban J connectivity index is 1.72. The minimum atomic E-state index is 0.477. The van der Waals surface area contributed by atoms with Crippen LogP contribution >= 0.6 is 11.3 Å². The molecular weight excluding hydrogens is 270 g/mol. The molecule has 2 aromatic heterocycles. The van der Waals surface area contributed by atoms with E-state index in [0.29, 0.717) is 6.01 Å². The lowest BCUT2D eigenvalue weighted by Gasteiger charge is -1.92. The number of aromatic nitrogens is 2. The molecule has 20 heavy (non-hydrogen) atoms. The van der Waals surface area contributed by atoms with Gasteiger partial charge in [0.25, 0.3) is 0 Å². The van der Waals surface area contributed by atoms with Crippen molar-refractivity contribution >= 4 is 43.8 Å². The Hall–Kier alpha value is -2.40. The first kappa shape index (κ1) is 11.4. The van der Waals surface area contributed by atoms with E-state index in [2.05, 4.69) is 15.3 Å². The molecule has 0 aliphatic rings. The van der Waals surface area contributed by atoms with Crippen molar-refractivity contribution in [2.45, 2.75) is 6.92 Å². The summed E-state index contributed by atoms with van der Waals surface area (Å²) in [7, 11) is 0. The first-order chi connectivity index (χ1) is 9.78. The summed E-state index contributed by atoms with van der Waals surface area (Å²) in [6, 6.07) is 14.5. The Morgan fingerprint density at radius 2 is 1.95 bits per heavy atom. The molecule has 0 fully saturated rings. The molecule has 4 nitrogen and oxygen atoms in total. The van der Waals surface area contributed by atoms with E-state index < -0.39 is 0 Å². The Kier molecular flexibility index (Phi) is 2.47. The Labute approximate surface area is 119 Å². The highest BCUT2D eigenvalue weighted by atomic mass is 32.1. The van der Waals surface area contributed by atoms with E-state index in [9.17, 15) is 0 Å². The molecule has 0 bridgehead atoms. The van der Waals surface area contributed by atoms with Gasteiger partial charge in [-0.2, -0.15) is 4.98 Å². The van der Waals surface area contributed by atoms with Crippen molar-refractivity contribution in [3.63, 3.8) is 0 Å². The van der Waals surface area contributed by atoms with Crippen LogP contribution in [0, 0.1) is 6.92 Å². The van der Waals surface area contributed by atoms with E-state index >= 15 is 0 Å². The zero-order chi connectivity index (χ0) is 13.5. The molecule has 0 spiro atoms. The number of benzene rings is 2. The molecule has 0 aliphatic heterocycles. The fourth-order valence-electron chi connectivity index (χ4n) is 2.10. The van der Waals surface area contributed by atoms with E-state index in [4.69, 9.17) is 4.42 Å². The molecule has 0 unspecified atom stereocenters. The Bertz CT molecular complexity index is 877. The summed E-state index contributed by atoms with van der Waals surface area (Å²) in [5.74, 6) is 0. The van der Waals surface area contributed by atoms with Gasteiger partial charge in [0, 0.05) is 0 Å². The normalized spacial score (nSPS) is 11.2. The van der Waals surface area contributed by atoms with Crippen LogP contribution < -0.4 is 5.32 Å². The van der Waals surface area contributed by atoms with Gasteiger partial charge in [-0.05, 0) is 36.8 Å². The number of nitrogens with zero attached hydrogens (tertiary/aromatic N) is 2. The fourth-order valence-corrected chi connectivity index (χ4v) is 2.96. The largest absolute Gasteiger partial charge is 0.423 e. The van der Waals surface area contributed by atoms with Crippen LogP contribution in [0.1, 0.15) is 5.56 Å². The topological polar surface area (TPSA) is 51.0 Å². The van der Waals surface area contributed by atoms with Crippen LogP contribution in [0.15, 0.2) is 46.9 Å². The van der Waals surface area contributed by atoms with Crippen molar-refractivity contribution in [3.8, 4) is 0 Å². The maximum absolute atomic E-state index is 5.69. The summed E-state index contributed by atoms with van der Waals surface area (Å²) in [6.45, 7) is 2.03. The molecule has 2 aromatic carbocycles. The molecule has 5 heteroatoms. The first-order valence-corrected chi connectivity index (χ1v) is 7.09. The number of anilines is 2. The number of para-hydroxylation sites is 1. The minimum Gasteiger partial charge on any atom is -0.423 e. The van der Waals surface area contributed by atoms with Crippen LogP contribution in [0.3, 0.4) is 0 Å². The van der Waals surface area contributed by atoms with Crippen molar-refractivity contribution in [3.05, 3.63) is 48.0 Å². The molecule has 0 atom stereocenters. The zero-order valence-corrected chi connectivity index (χ0v) is 11.6. The summed E-state index contributed by atoms with van der Waals surface area (Å²) < 4.78 is 6.83. The third-order valence-electron chi connectivity index (χ3n) is 3.05. The molecule has 4 aromatic rings. The van der Waals surface area contributed by atoms with Gasteiger partial charge in [-0.25, -0.2) is 4.98 Å². The fraction of sp³-hybridized carbons (Fsp3) is 0.0667. The van der Waals surface area contributed by atoms with Gasteiger partial charge in [-0.1, -0.05) is 29.5 Å². The first-order valence-electron chi connectivity index (χ1n) is 6.28. The highest BCUT2D eigenvalue weighted by Crippen LogP contribution is 2.29. The zero-order valence-electron chi connectivity index (χ0n) is 10.8. The smallest absolute Gasteiger partial charge is 0.302 e. The minimum absolute atomic E-state index is 0.477. The lowest BCUT2D eigenvalue weighted by atomic mass is 10.2. The van der Waals surface area contributed by atoms with E-state index in [1.165, 1.54) is 0 Å². The van der Waals surface area contributed by atoms with Crippen molar-refractivity contribution in [1.29, 1.82) is 0 Å². The predicted molar refractivity (Wildman–Crippen MR) is 81.6 cm³/mol. The third kappa shape index (κ3) is 1.92. The quantitative estimate of drug-likeness (QED) is 0.588. The SMILES string of the molecule is Cc1ccc2nc(Nc3nc4ccccc4s3)oc2c1. The maximum Gasteiger partial charge on any atom is 0.302 e. The van der Waals surface area contributed by atoms with Crippen LogP contribution in [-0.4, -0.2) is 9.97 Å². The van der Waals surface area contributed by atoms with Gasteiger partial charge in [0.15, 0.2) is 10.7 Å². The predicted octanol–water partition coefficient (Wildman–Crippen LogP) is 4.49. The second kappa shape index (κ2) is 4.31. The average molecular weight is 281 g/mol. The third-order valence-corrected chi connectivity index (χ3v) is 4.00. The molecular formula is C15H11N3OS. The van der Waals surface area contributed by atoms with Gasteiger partial charge >= 0.3 is 6.01 Å². The Morgan fingerprint density at radius 1 is 1.05 bits per heavy atom. The molecule has 0 saturated heterocycles. The molecule has 1 N–H and O–H groups in total. The standard InChI is InChI=1S/C15H11N3OS/c1-9-6-7-10-12(8-9)19-14(16-10)18-15-17-11-4-2-3-5-13(11)20-15/h2-8H,1H3,(H,16,17,18). The van der Waals surface area contributed by atoms with Crippen molar-refractivity contribution < 1.29 is 4.42 Å². The molecule has 2 heterocycles. The molecule has 4 rings (SSSR count). The Morgan fingerprint density at radius 3 is 2.85 bits per heavy atom. The van der Waals surface area contributed by atoms with Crippen molar-refractivity contribution in [2.24, 2.45) is 0 Å². The molecule has 0 amide bonds. The van der Waals surface area contributed by atoms with Crippen LogP contribution in [-0.2, 0) is 0 Å². The van der Waals surface area contributed by atoms with Gasteiger partial charge in [0.05, 0.1) is 10.2 Å². The number of rotatable bonds is 2. The second-order valence-corrected chi connectivity index (χ2v) is 5.63. The van der Waals surface area contributed by atoms with Crippen molar-refractivity contribution in [1.82, 2.24) is 9.97 Å². The van der Waals surface area contributed by atoms with Gasteiger partial charge in [-0.3, -0.25) is 5.32 Å². The molecule has 0 saturated carbocycles. The van der Waals surface area contributed by atoms with Gasteiger partial charge < -0.3 is 4.42 Å². The summed E-state index contributed by atoms with van der Waals surface area (Å²) in [4.78, 5) is 8.91. The average Bonchev–Trinajstić information content (AvgIpc) is 3.00. The maximum atomic E-state index is 5.69. The number of hydrogen-bond acceptors (Lipinski definition) is 5. The monoisotopic (exact) mass is 281 g/mol. The van der Waals surface area contributed by atoms with Crippen LogP contribution in [0.25, 0.3) is 21.3 Å². The van der Waals surface area contributed by atoms with Gasteiger partial charge in [0.1, 0.15) is 5.52 Å². The number of fused-ring (bicyclic) bond motifs is 2. The molecule has 98 valence electrons. The number of oxazole rings is 1. The summed E-state index contributed by atoms with van der Waals surface area (Å²) in [5, 5.41) is 3.92. The van der Waals surface area contributed by atoms with Crippen molar-refractivity contribution in [2.75, 3.05) is 5.32 Å². The van der Waals surface area contributed by atoms with Crippen LogP contribution in [0.5, 0.6) is 0 Å². The number of nitrogens with one attached hydrogen (secondary N) is 1. The summed E-state index contributed by atoms with van der Waals surface area (Å²) in [6.07, 6.45) is 0. The van der Waals surface area contributed by atoms with Gasteiger partial charge in [0.2, 0.25) is 0 Å². The highest BCUT2D eigenvalue weighted by Gasteiger charge is 2.09. The second-order valence-electron chi connectivity index (χ2n) is 4.60. The van der Waals surface area contributed by atoms with E-state index in [0.717, 1.165) is 32.0 Å². The molecule has 0 radical (unpaired) electrons. The summed E-state index contributed by atoms with van der Waals surface area (Å²) >= 11 is 1.58.